The van der Waals surface area contributed by atoms with Crippen LogP contribution in [0.5, 0.6) is 5.75 Å². The molecule has 0 radical (unpaired) electrons. The minimum atomic E-state index is -0.502. The van der Waals surface area contributed by atoms with Crippen LogP contribution < -0.4 is 15.4 Å². The summed E-state index contributed by atoms with van der Waals surface area (Å²) < 4.78 is 19.0. The van der Waals surface area contributed by atoms with Crippen LogP contribution in [0.2, 0.25) is 5.02 Å². The average Bonchev–Trinajstić information content (AvgIpc) is 2.81. The van der Waals surface area contributed by atoms with Gasteiger partial charge in [0.05, 0.1) is 23.3 Å². The Bertz CT molecular complexity index is 1190. The van der Waals surface area contributed by atoms with Crippen LogP contribution >= 0.6 is 11.6 Å². The second-order valence-corrected chi connectivity index (χ2v) is 8.44. The number of halogens is 2. The van der Waals surface area contributed by atoms with Gasteiger partial charge in [0.2, 0.25) is 5.91 Å². The summed E-state index contributed by atoms with van der Waals surface area (Å²) in [7, 11) is 3.64. The molecular formula is C24H25ClFN5O2. The highest BCUT2D eigenvalue weighted by Crippen LogP contribution is 2.33. The number of fused-ring (bicyclic) bond motifs is 1. The Balaban J connectivity index is 1.57. The third kappa shape index (κ3) is 5.58. The predicted molar refractivity (Wildman–Crippen MR) is 129 cm³/mol. The lowest BCUT2D eigenvalue weighted by Gasteiger charge is -2.26. The molecule has 0 aliphatic carbocycles. The second-order valence-electron chi connectivity index (χ2n) is 8.03. The molecular weight excluding hydrogens is 445 g/mol. The fourth-order valence-electron chi connectivity index (χ4n) is 3.78. The summed E-state index contributed by atoms with van der Waals surface area (Å²) in [5.41, 5.74) is 1.69. The molecule has 172 valence electrons. The van der Waals surface area contributed by atoms with Crippen LogP contribution in [0.1, 0.15) is 12.8 Å². The van der Waals surface area contributed by atoms with Crippen molar-refractivity contribution in [2.24, 2.45) is 5.92 Å². The predicted octanol–water partition coefficient (Wildman–Crippen LogP) is 5.01. The Morgan fingerprint density at radius 1 is 1.24 bits per heavy atom. The molecule has 4 rings (SSSR count). The lowest BCUT2D eigenvalue weighted by atomic mass is 9.97. The summed E-state index contributed by atoms with van der Waals surface area (Å²) in [6.07, 6.45) is 7.06. The molecule has 33 heavy (non-hydrogen) atoms. The van der Waals surface area contributed by atoms with Gasteiger partial charge >= 0.3 is 0 Å². The Hall–Kier alpha value is -3.23. The van der Waals surface area contributed by atoms with Gasteiger partial charge in [-0.15, -0.1) is 0 Å². The highest BCUT2D eigenvalue weighted by atomic mass is 35.5. The van der Waals surface area contributed by atoms with E-state index in [4.69, 9.17) is 16.3 Å². The Kier molecular flexibility index (Phi) is 7.05. The number of carbonyl (C=O) groups is 1. The van der Waals surface area contributed by atoms with Crippen molar-refractivity contribution in [1.82, 2.24) is 14.9 Å². The van der Waals surface area contributed by atoms with Gasteiger partial charge in [-0.05, 0) is 69.2 Å². The van der Waals surface area contributed by atoms with Gasteiger partial charge in [0.1, 0.15) is 23.7 Å². The van der Waals surface area contributed by atoms with E-state index in [1.54, 1.807) is 24.3 Å². The number of ether oxygens (including phenoxy) is 1. The number of benzene rings is 2. The highest BCUT2D eigenvalue weighted by molar-refractivity contribution is 6.31. The van der Waals surface area contributed by atoms with Crippen molar-refractivity contribution in [3.63, 3.8) is 0 Å². The molecule has 0 bridgehead atoms. The van der Waals surface area contributed by atoms with Gasteiger partial charge in [0, 0.05) is 17.1 Å². The van der Waals surface area contributed by atoms with Gasteiger partial charge in [-0.2, -0.15) is 0 Å². The zero-order chi connectivity index (χ0) is 23.4. The quantitative estimate of drug-likeness (QED) is 0.494. The average molecular weight is 470 g/mol. The zero-order valence-corrected chi connectivity index (χ0v) is 19.2. The molecule has 7 nitrogen and oxygen atoms in total. The molecule has 0 spiro atoms. The topological polar surface area (TPSA) is 79.4 Å². The minimum Gasteiger partial charge on any atom is -0.494 e. The number of nitrogens with zero attached hydrogens (tertiary/aromatic N) is 3. The molecule has 1 amide bonds. The third-order valence-electron chi connectivity index (χ3n) is 5.68. The minimum absolute atomic E-state index is 0.00406. The van der Waals surface area contributed by atoms with E-state index in [0.717, 1.165) is 25.9 Å². The van der Waals surface area contributed by atoms with Crippen molar-refractivity contribution in [1.29, 1.82) is 0 Å². The molecule has 0 saturated carbocycles. The number of aromatic nitrogens is 2. The fourth-order valence-corrected chi connectivity index (χ4v) is 3.96. The highest BCUT2D eigenvalue weighted by Gasteiger charge is 2.15. The van der Waals surface area contributed by atoms with Gasteiger partial charge in [0.15, 0.2) is 0 Å². The maximum absolute atomic E-state index is 13.5. The third-order valence-corrected chi connectivity index (χ3v) is 5.97. The van der Waals surface area contributed by atoms with E-state index >= 15 is 0 Å². The normalized spacial score (nSPS) is 15.2. The van der Waals surface area contributed by atoms with E-state index < -0.39 is 5.82 Å². The van der Waals surface area contributed by atoms with Crippen molar-refractivity contribution in [2.75, 3.05) is 37.9 Å². The smallest absolute Gasteiger partial charge is 0.248 e. The Labute approximate surface area is 196 Å². The zero-order valence-electron chi connectivity index (χ0n) is 18.4. The van der Waals surface area contributed by atoms with Crippen LogP contribution in [-0.2, 0) is 4.79 Å². The van der Waals surface area contributed by atoms with E-state index in [1.165, 1.54) is 25.6 Å². The van der Waals surface area contributed by atoms with Gasteiger partial charge < -0.3 is 20.3 Å². The first-order chi connectivity index (χ1) is 15.9. The number of allylic oxidation sites excluding steroid dienone is 1. The van der Waals surface area contributed by atoms with E-state index in [0.29, 0.717) is 39.8 Å². The van der Waals surface area contributed by atoms with Crippen LogP contribution in [0.4, 0.5) is 21.6 Å². The Morgan fingerprint density at radius 2 is 2.03 bits per heavy atom. The first-order valence-corrected chi connectivity index (χ1v) is 11.0. The number of nitrogens with one attached hydrogen (secondary N) is 2. The number of methoxy groups -OCH3 is 1. The summed E-state index contributed by atoms with van der Waals surface area (Å²) in [4.78, 5) is 23.5. The number of hydrogen-bond acceptors (Lipinski definition) is 6. The number of likely N-dealkylation sites (tertiary alicyclic amines) is 1. The SMILES string of the molecule is COc1cc2ncnc(Nc3ccc(F)c(Cl)c3)c2cc1NC(=O)/C=C/C1CCN(C)CC1. The first kappa shape index (κ1) is 22.9. The number of rotatable bonds is 6. The molecule has 1 aliphatic heterocycles. The summed E-state index contributed by atoms with van der Waals surface area (Å²) in [5.74, 6) is 0.638. The van der Waals surface area contributed by atoms with Gasteiger partial charge in [-0.3, -0.25) is 4.79 Å². The molecule has 1 aromatic heterocycles. The second kappa shape index (κ2) is 10.1. The van der Waals surface area contributed by atoms with Gasteiger partial charge in [-0.25, -0.2) is 14.4 Å². The van der Waals surface area contributed by atoms with Crippen molar-refractivity contribution in [3.05, 3.63) is 59.7 Å². The van der Waals surface area contributed by atoms with E-state index in [-0.39, 0.29) is 10.9 Å². The molecule has 0 atom stereocenters. The van der Waals surface area contributed by atoms with Crippen molar-refractivity contribution < 1.29 is 13.9 Å². The lowest BCUT2D eigenvalue weighted by molar-refractivity contribution is -0.112. The maximum Gasteiger partial charge on any atom is 0.248 e. The van der Waals surface area contributed by atoms with E-state index in [1.807, 2.05) is 6.08 Å². The summed E-state index contributed by atoms with van der Waals surface area (Å²) >= 11 is 5.89. The van der Waals surface area contributed by atoms with Crippen LogP contribution in [0.15, 0.2) is 48.8 Å². The van der Waals surface area contributed by atoms with Crippen molar-refractivity contribution >= 4 is 45.6 Å². The molecule has 1 fully saturated rings. The molecule has 3 aromatic rings. The van der Waals surface area contributed by atoms with Crippen LogP contribution in [0.3, 0.4) is 0 Å². The number of hydrogen-bond donors (Lipinski definition) is 2. The maximum atomic E-state index is 13.5. The van der Waals surface area contributed by atoms with Crippen LogP contribution in [-0.4, -0.2) is 48.0 Å². The fraction of sp³-hybridized carbons (Fsp3) is 0.292. The van der Waals surface area contributed by atoms with Crippen molar-refractivity contribution in [2.45, 2.75) is 12.8 Å². The standard InChI is InChI=1S/C24H25ClFN5O2/c1-31-9-7-15(8-10-31)3-6-23(32)30-21-12-17-20(13-22(21)33-2)27-14-28-24(17)29-16-4-5-19(26)18(25)11-16/h3-6,11-15H,7-10H2,1-2H3,(H,30,32)(H,27,28,29)/b6-3+. The lowest BCUT2D eigenvalue weighted by Crippen LogP contribution is -2.29. The molecule has 2 heterocycles. The summed E-state index contributed by atoms with van der Waals surface area (Å²) in [6, 6.07) is 7.80. The molecule has 2 aromatic carbocycles. The monoisotopic (exact) mass is 469 g/mol. The molecule has 9 heteroatoms. The van der Waals surface area contributed by atoms with Gasteiger partial charge in [-0.1, -0.05) is 17.7 Å². The van der Waals surface area contributed by atoms with Crippen LogP contribution in [0.25, 0.3) is 10.9 Å². The van der Waals surface area contributed by atoms with E-state index in [2.05, 4.69) is 32.5 Å². The first-order valence-electron chi connectivity index (χ1n) is 10.7. The summed E-state index contributed by atoms with van der Waals surface area (Å²) in [6.45, 7) is 2.06. The molecule has 2 N–H and O–H groups in total. The molecule has 1 saturated heterocycles. The largest absolute Gasteiger partial charge is 0.494 e. The number of anilines is 3. The summed E-state index contributed by atoms with van der Waals surface area (Å²) in [5, 5.41) is 6.69. The number of carbonyl (C=O) groups excluding carboxylic acids is 1. The van der Waals surface area contributed by atoms with Crippen molar-refractivity contribution in [3.8, 4) is 5.75 Å². The molecule has 0 unspecified atom stereocenters. The van der Waals surface area contributed by atoms with Crippen LogP contribution in [0, 0.1) is 11.7 Å². The van der Waals surface area contributed by atoms with Gasteiger partial charge in [0.25, 0.3) is 0 Å². The molecule has 1 aliphatic rings. The number of piperidine rings is 1. The number of amides is 1. The Morgan fingerprint density at radius 3 is 2.76 bits per heavy atom. The van der Waals surface area contributed by atoms with E-state index in [9.17, 15) is 9.18 Å².